The standard InChI is InChI=1S/C20H20N2O2S/c1-14-7-9-15(10-8-14)17-13-21-20(24-17)12-11-19(23)22-16-5-3-4-6-18(16)25-2/h3-10,13H,11-12H2,1-2H3,(H,22,23). The molecule has 2 aromatic carbocycles. The molecule has 0 radical (unpaired) electrons. The lowest BCUT2D eigenvalue weighted by Crippen LogP contribution is -2.13. The molecule has 0 fully saturated rings. The molecule has 0 saturated heterocycles. The van der Waals surface area contributed by atoms with Crippen molar-refractivity contribution >= 4 is 23.4 Å². The summed E-state index contributed by atoms with van der Waals surface area (Å²) in [5.41, 5.74) is 3.03. The SMILES string of the molecule is CSc1ccccc1NC(=O)CCc1ncc(-c2ccc(C)cc2)o1. The van der Waals surface area contributed by atoms with Crippen LogP contribution in [0.2, 0.25) is 0 Å². The van der Waals surface area contributed by atoms with E-state index in [9.17, 15) is 4.79 Å². The van der Waals surface area contributed by atoms with Crippen LogP contribution in [0.1, 0.15) is 17.9 Å². The molecule has 5 heteroatoms. The van der Waals surface area contributed by atoms with Crippen LogP contribution in [0.15, 0.2) is 64.0 Å². The van der Waals surface area contributed by atoms with Crippen LogP contribution >= 0.6 is 11.8 Å². The molecule has 4 nitrogen and oxygen atoms in total. The van der Waals surface area contributed by atoms with Gasteiger partial charge in [0, 0.05) is 23.3 Å². The number of oxazole rings is 1. The number of carbonyl (C=O) groups excluding carboxylic acids is 1. The van der Waals surface area contributed by atoms with E-state index < -0.39 is 0 Å². The molecule has 0 spiro atoms. The van der Waals surface area contributed by atoms with E-state index in [1.165, 1.54) is 5.56 Å². The summed E-state index contributed by atoms with van der Waals surface area (Å²) in [6, 6.07) is 15.9. The van der Waals surface area contributed by atoms with Gasteiger partial charge in [-0.05, 0) is 25.3 Å². The molecule has 0 atom stereocenters. The maximum absolute atomic E-state index is 12.2. The first-order chi connectivity index (χ1) is 12.2. The number of thioether (sulfide) groups is 1. The van der Waals surface area contributed by atoms with E-state index in [0.717, 1.165) is 21.9 Å². The number of hydrogen-bond acceptors (Lipinski definition) is 4. The number of nitrogens with one attached hydrogen (secondary N) is 1. The zero-order chi connectivity index (χ0) is 17.6. The lowest BCUT2D eigenvalue weighted by atomic mass is 10.1. The van der Waals surface area contributed by atoms with E-state index in [1.807, 2.05) is 61.7 Å². The van der Waals surface area contributed by atoms with Gasteiger partial charge in [0.25, 0.3) is 0 Å². The number of nitrogens with zero attached hydrogens (tertiary/aromatic N) is 1. The van der Waals surface area contributed by atoms with Crippen LogP contribution < -0.4 is 5.32 Å². The Morgan fingerprint density at radius 2 is 1.92 bits per heavy atom. The van der Waals surface area contributed by atoms with Gasteiger partial charge in [-0.3, -0.25) is 4.79 Å². The van der Waals surface area contributed by atoms with Crippen molar-refractivity contribution in [3.63, 3.8) is 0 Å². The third-order valence-electron chi connectivity index (χ3n) is 3.84. The Kier molecular flexibility index (Phi) is 5.56. The monoisotopic (exact) mass is 352 g/mol. The van der Waals surface area contributed by atoms with Gasteiger partial charge in [0.15, 0.2) is 11.7 Å². The Morgan fingerprint density at radius 1 is 1.16 bits per heavy atom. The number of benzene rings is 2. The van der Waals surface area contributed by atoms with Crippen molar-refractivity contribution in [3.8, 4) is 11.3 Å². The molecular formula is C20H20N2O2S. The van der Waals surface area contributed by atoms with Gasteiger partial charge in [-0.15, -0.1) is 11.8 Å². The van der Waals surface area contributed by atoms with Gasteiger partial charge in [0.2, 0.25) is 5.91 Å². The van der Waals surface area contributed by atoms with Crippen LogP contribution in [0.4, 0.5) is 5.69 Å². The minimum Gasteiger partial charge on any atom is -0.441 e. The van der Waals surface area contributed by atoms with E-state index in [2.05, 4.69) is 10.3 Å². The molecule has 0 aliphatic heterocycles. The molecule has 25 heavy (non-hydrogen) atoms. The van der Waals surface area contributed by atoms with Gasteiger partial charge in [-0.25, -0.2) is 4.98 Å². The minimum atomic E-state index is -0.0448. The predicted octanol–water partition coefficient (Wildman–Crippen LogP) is 4.94. The average molecular weight is 352 g/mol. The lowest BCUT2D eigenvalue weighted by Gasteiger charge is -2.08. The third-order valence-corrected chi connectivity index (χ3v) is 4.63. The minimum absolute atomic E-state index is 0.0448. The summed E-state index contributed by atoms with van der Waals surface area (Å²) >= 11 is 1.61. The van der Waals surface area contributed by atoms with Crippen molar-refractivity contribution < 1.29 is 9.21 Å². The summed E-state index contributed by atoms with van der Waals surface area (Å²) < 4.78 is 5.76. The molecule has 0 saturated carbocycles. The van der Waals surface area contributed by atoms with E-state index in [-0.39, 0.29) is 5.91 Å². The summed E-state index contributed by atoms with van der Waals surface area (Å²) in [7, 11) is 0. The summed E-state index contributed by atoms with van der Waals surface area (Å²) in [6.07, 6.45) is 4.50. The molecule has 1 amide bonds. The van der Waals surface area contributed by atoms with Gasteiger partial charge >= 0.3 is 0 Å². The Labute approximate surface area is 151 Å². The quantitative estimate of drug-likeness (QED) is 0.638. The summed E-state index contributed by atoms with van der Waals surface area (Å²) in [4.78, 5) is 17.5. The van der Waals surface area contributed by atoms with Crippen molar-refractivity contribution in [2.75, 3.05) is 11.6 Å². The van der Waals surface area contributed by atoms with Crippen LogP contribution in [-0.4, -0.2) is 17.1 Å². The molecule has 0 bridgehead atoms. The van der Waals surface area contributed by atoms with Crippen molar-refractivity contribution in [2.24, 2.45) is 0 Å². The number of aryl methyl sites for hydroxylation is 2. The normalized spacial score (nSPS) is 10.6. The smallest absolute Gasteiger partial charge is 0.224 e. The first kappa shape index (κ1) is 17.3. The Morgan fingerprint density at radius 3 is 2.68 bits per heavy atom. The van der Waals surface area contributed by atoms with Crippen LogP contribution in [0.25, 0.3) is 11.3 Å². The molecule has 1 N–H and O–H groups in total. The molecule has 128 valence electrons. The van der Waals surface area contributed by atoms with E-state index in [1.54, 1.807) is 18.0 Å². The Balaban J connectivity index is 1.58. The number of amides is 1. The van der Waals surface area contributed by atoms with Gasteiger partial charge < -0.3 is 9.73 Å². The maximum atomic E-state index is 12.2. The Bertz CT molecular complexity index is 856. The largest absolute Gasteiger partial charge is 0.441 e. The molecule has 1 heterocycles. The van der Waals surface area contributed by atoms with Gasteiger partial charge in [-0.1, -0.05) is 42.0 Å². The number of hydrogen-bond donors (Lipinski definition) is 1. The highest BCUT2D eigenvalue weighted by molar-refractivity contribution is 7.98. The first-order valence-electron chi connectivity index (χ1n) is 8.10. The molecule has 3 rings (SSSR count). The summed E-state index contributed by atoms with van der Waals surface area (Å²) in [6.45, 7) is 2.05. The molecule has 0 aliphatic carbocycles. The van der Waals surface area contributed by atoms with Gasteiger partial charge in [0.05, 0.1) is 11.9 Å². The van der Waals surface area contributed by atoms with Crippen molar-refractivity contribution in [3.05, 3.63) is 66.2 Å². The maximum Gasteiger partial charge on any atom is 0.224 e. The molecule has 0 aliphatic rings. The van der Waals surface area contributed by atoms with Crippen LogP contribution in [0, 0.1) is 6.92 Å². The fourth-order valence-electron chi connectivity index (χ4n) is 2.46. The average Bonchev–Trinajstić information content (AvgIpc) is 3.10. The van der Waals surface area contributed by atoms with Crippen LogP contribution in [0.5, 0.6) is 0 Å². The van der Waals surface area contributed by atoms with Crippen molar-refractivity contribution in [1.82, 2.24) is 4.98 Å². The van der Waals surface area contributed by atoms with E-state index in [4.69, 9.17) is 4.42 Å². The lowest BCUT2D eigenvalue weighted by molar-refractivity contribution is -0.116. The second-order valence-corrected chi connectivity index (χ2v) is 6.58. The highest BCUT2D eigenvalue weighted by Crippen LogP contribution is 2.25. The number of carbonyl (C=O) groups is 1. The number of aromatic nitrogens is 1. The number of rotatable bonds is 6. The summed E-state index contributed by atoms with van der Waals surface area (Å²) in [5, 5.41) is 2.95. The van der Waals surface area contributed by atoms with Gasteiger partial charge in [0.1, 0.15) is 0 Å². The number of para-hydroxylation sites is 1. The van der Waals surface area contributed by atoms with Gasteiger partial charge in [-0.2, -0.15) is 0 Å². The molecule has 1 aromatic heterocycles. The number of anilines is 1. The third kappa shape index (κ3) is 4.51. The molecule has 3 aromatic rings. The van der Waals surface area contributed by atoms with Crippen LogP contribution in [0.3, 0.4) is 0 Å². The fourth-order valence-corrected chi connectivity index (χ4v) is 3.01. The highest BCUT2D eigenvalue weighted by Gasteiger charge is 2.10. The molecular weight excluding hydrogens is 332 g/mol. The Hall–Kier alpha value is -2.53. The van der Waals surface area contributed by atoms with E-state index in [0.29, 0.717) is 18.7 Å². The second-order valence-electron chi connectivity index (χ2n) is 5.73. The zero-order valence-corrected chi connectivity index (χ0v) is 15.1. The summed E-state index contributed by atoms with van der Waals surface area (Å²) in [5.74, 6) is 1.25. The zero-order valence-electron chi connectivity index (χ0n) is 14.3. The van der Waals surface area contributed by atoms with Crippen molar-refractivity contribution in [2.45, 2.75) is 24.7 Å². The van der Waals surface area contributed by atoms with Crippen LogP contribution in [-0.2, 0) is 11.2 Å². The van der Waals surface area contributed by atoms with E-state index >= 15 is 0 Å². The second kappa shape index (κ2) is 8.03. The topological polar surface area (TPSA) is 55.1 Å². The predicted molar refractivity (Wildman–Crippen MR) is 102 cm³/mol. The first-order valence-corrected chi connectivity index (χ1v) is 9.33. The fraction of sp³-hybridized carbons (Fsp3) is 0.200. The highest BCUT2D eigenvalue weighted by atomic mass is 32.2. The van der Waals surface area contributed by atoms with Crippen molar-refractivity contribution in [1.29, 1.82) is 0 Å². The molecule has 0 unspecified atom stereocenters.